The van der Waals surface area contributed by atoms with E-state index >= 15 is 0 Å². The Balaban J connectivity index is 2.09. The van der Waals surface area contributed by atoms with E-state index in [1.807, 2.05) is 55.4 Å². The maximum absolute atomic E-state index is 13.0. The maximum Gasteiger partial charge on any atom is 0.191 e. The Morgan fingerprint density at radius 3 is 2.57 bits per heavy atom. The second kappa shape index (κ2) is 11.6. The summed E-state index contributed by atoms with van der Waals surface area (Å²) in [6.45, 7) is 3.50. The monoisotopic (exact) mass is 384 g/mol. The van der Waals surface area contributed by atoms with E-state index in [4.69, 9.17) is 4.74 Å². The third-order valence-electron chi connectivity index (χ3n) is 4.50. The zero-order valence-corrected chi connectivity index (χ0v) is 17.1. The van der Waals surface area contributed by atoms with Crippen LogP contribution in [0.1, 0.15) is 29.3 Å². The van der Waals surface area contributed by atoms with Gasteiger partial charge >= 0.3 is 0 Å². The molecule has 0 aliphatic rings. The minimum Gasteiger partial charge on any atom is -0.389 e. The average molecular weight is 385 g/mol. The summed E-state index contributed by atoms with van der Waals surface area (Å²) < 4.78 is 5.90. The standard InChI is InChI=1S/C23H32N2O3/c1-4-13-24-16-21(26)17-28-22(23(27)19-10-6-5-7-11-19)15-18-9-8-12-20(14-18)25(2)3/h5-12,14,21-22,24,26H,4,13,15-17H2,1-3H3. The first-order chi connectivity index (χ1) is 13.5. The zero-order chi connectivity index (χ0) is 20.4. The minimum absolute atomic E-state index is 0.0652. The highest BCUT2D eigenvalue weighted by Crippen LogP contribution is 2.18. The maximum atomic E-state index is 13.0. The number of nitrogens with one attached hydrogen (secondary N) is 1. The quantitative estimate of drug-likeness (QED) is 0.435. The van der Waals surface area contributed by atoms with Crippen molar-refractivity contribution >= 4 is 11.5 Å². The Kier molecular flexibility index (Phi) is 9.14. The van der Waals surface area contributed by atoms with Crippen molar-refractivity contribution in [3.8, 4) is 0 Å². The van der Waals surface area contributed by atoms with Gasteiger partial charge in [0.1, 0.15) is 6.10 Å². The normalized spacial score (nSPS) is 13.1. The van der Waals surface area contributed by atoms with Crippen LogP contribution in [0.25, 0.3) is 0 Å². The van der Waals surface area contributed by atoms with Gasteiger partial charge in [-0.1, -0.05) is 49.4 Å². The average Bonchev–Trinajstić information content (AvgIpc) is 2.71. The number of Topliss-reactive ketones (excluding diaryl/α,β-unsaturated/α-hetero) is 1. The number of carbonyl (C=O) groups is 1. The number of rotatable bonds is 12. The summed E-state index contributed by atoms with van der Waals surface area (Å²) in [6.07, 6.45) is 0.182. The highest BCUT2D eigenvalue weighted by atomic mass is 16.5. The van der Waals surface area contributed by atoms with Crippen molar-refractivity contribution in [3.05, 3.63) is 65.7 Å². The number of benzene rings is 2. The Hall–Kier alpha value is -2.21. The fourth-order valence-electron chi connectivity index (χ4n) is 2.92. The first-order valence-electron chi connectivity index (χ1n) is 9.87. The van der Waals surface area contributed by atoms with E-state index in [0.29, 0.717) is 18.5 Å². The van der Waals surface area contributed by atoms with Gasteiger partial charge in [-0.3, -0.25) is 4.79 Å². The van der Waals surface area contributed by atoms with Crippen LogP contribution in [0.2, 0.25) is 0 Å². The molecule has 0 bridgehead atoms. The van der Waals surface area contributed by atoms with Crippen molar-refractivity contribution in [2.24, 2.45) is 0 Å². The highest BCUT2D eigenvalue weighted by Gasteiger charge is 2.22. The molecule has 0 fully saturated rings. The van der Waals surface area contributed by atoms with Crippen LogP contribution < -0.4 is 10.2 Å². The molecule has 0 amide bonds. The van der Waals surface area contributed by atoms with Crippen LogP contribution in [0.3, 0.4) is 0 Å². The fourth-order valence-corrected chi connectivity index (χ4v) is 2.92. The van der Waals surface area contributed by atoms with Crippen molar-refractivity contribution in [2.75, 3.05) is 38.7 Å². The molecular weight excluding hydrogens is 352 g/mol. The second-order valence-corrected chi connectivity index (χ2v) is 7.18. The predicted molar refractivity (Wildman–Crippen MR) is 114 cm³/mol. The van der Waals surface area contributed by atoms with Gasteiger partial charge in [0.25, 0.3) is 0 Å². The number of ketones is 1. The lowest BCUT2D eigenvalue weighted by molar-refractivity contribution is -0.00162. The van der Waals surface area contributed by atoms with Crippen molar-refractivity contribution in [1.82, 2.24) is 5.32 Å². The Labute approximate surface area is 168 Å². The van der Waals surface area contributed by atoms with E-state index in [-0.39, 0.29) is 12.4 Å². The molecule has 2 rings (SSSR count). The molecule has 5 nitrogen and oxygen atoms in total. The number of anilines is 1. The molecule has 0 saturated carbocycles. The number of aliphatic hydroxyl groups is 1. The third kappa shape index (κ3) is 7.08. The molecule has 2 aromatic carbocycles. The van der Waals surface area contributed by atoms with Crippen LogP contribution in [-0.4, -0.2) is 56.9 Å². The van der Waals surface area contributed by atoms with Crippen LogP contribution in [0.4, 0.5) is 5.69 Å². The molecule has 0 radical (unpaired) electrons. The zero-order valence-electron chi connectivity index (χ0n) is 17.1. The topological polar surface area (TPSA) is 61.8 Å². The van der Waals surface area contributed by atoms with Gasteiger partial charge in [-0.15, -0.1) is 0 Å². The largest absolute Gasteiger partial charge is 0.389 e. The molecular formula is C23H32N2O3. The van der Waals surface area contributed by atoms with Gasteiger partial charge < -0.3 is 20.1 Å². The molecule has 0 heterocycles. The highest BCUT2D eigenvalue weighted by molar-refractivity contribution is 5.99. The second-order valence-electron chi connectivity index (χ2n) is 7.18. The summed E-state index contributed by atoms with van der Waals surface area (Å²) in [5.74, 6) is -0.0652. The molecule has 2 atom stereocenters. The molecule has 0 aliphatic heterocycles. The van der Waals surface area contributed by atoms with Crippen LogP contribution in [0.15, 0.2) is 54.6 Å². The lowest BCUT2D eigenvalue weighted by Gasteiger charge is -2.21. The fraction of sp³-hybridized carbons (Fsp3) is 0.435. The molecule has 2 N–H and O–H groups in total. The molecule has 2 aromatic rings. The summed E-state index contributed by atoms with van der Waals surface area (Å²) in [6, 6.07) is 17.3. The van der Waals surface area contributed by atoms with Gasteiger partial charge in [0, 0.05) is 38.3 Å². The Morgan fingerprint density at radius 2 is 1.89 bits per heavy atom. The van der Waals surface area contributed by atoms with Crippen molar-refractivity contribution in [2.45, 2.75) is 32.0 Å². The van der Waals surface area contributed by atoms with Gasteiger partial charge in [0.05, 0.1) is 12.7 Å². The van der Waals surface area contributed by atoms with Crippen LogP contribution >= 0.6 is 0 Å². The third-order valence-corrected chi connectivity index (χ3v) is 4.50. The molecule has 28 heavy (non-hydrogen) atoms. The van der Waals surface area contributed by atoms with E-state index in [2.05, 4.69) is 18.3 Å². The van der Waals surface area contributed by atoms with E-state index in [1.54, 1.807) is 12.1 Å². The predicted octanol–water partition coefficient (Wildman–Crippen LogP) is 2.92. The van der Waals surface area contributed by atoms with Gasteiger partial charge in [0.2, 0.25) is 0 Å². The molecule has 0 aromatic heterocycles. The lowest BCUT2D eigenvalue weighted by Crippen LogP contribution is -2.35. The molecule has 2 unspecified atom stereocenters. The van der Waals surface area contributed by atoms with Crippen molar-refractivity contribution in [3.63, 3.8) is 0 Å². The van der Waals surface area contributed by atoms with E-state index < -0.39 is 12.2 Å². The Bertz CT molecular complexity index is 719. The van der Waals surface area contributed by atoms with Gasteiger partial charge in [-0.25, -0.2) is 0 Å². The van der Waals surface area contributed by atoms with E-state index in [1.165, 1.54) is 0 Å². The first-order valence-corrected chi connectivity index (χ1v) is 9.87. The Morgan fingerprint density at radius 1 is 1.14 bits per heavy atom. The van der Waals surface area contributed by atoms with E-state index in [9.17, 15) is 9.90 Å². The van der Waals surface area contributed by atoms with Crippen LogP contribution in [0.5, 0.6) is 0 Å². The van der Waals surface area contributed by atoms with E-state index in [0.717, 1.165) is 24.2 Å². The molecule has 0 saturated heterocycles. The van der Waals surface area contributed by atoms with Crippen molar-refractivity contribution in [1.29, 1.82) is 0 Å². The van der Waals surface area contributed by atoms with Crippen LogP contribution in [-0.2, 0) is 11.2 Å². The number of hydrogen-bond acceptors (Lipinski definition) is 5. The SMILES string of the molecule is CCCNCC(O)COC(Cc1cccc(N(C)C)c1)C(=O)c1ccccc1. The number of carbonyl (C=O) groups excluding carboxylic acids is 1. The molecule has 0 aliphatic carbocycles. The summed E-state index contributed by atoms with van der Waals surface area (Å²) in [5, 5.41) is 13.3. The smallest absolute Gasteiger partial charge is 0.191 e. The van der Waals surface area contributed by atoms with Crippen LogP contribution in [0, 0.1) is 0 Å². The summed E-state index contributed by atoms with van der Waals surface area (Å²) in [4.78, 5) is 15.0. The summed E-state index contributed by atoms with van der Waals surface area (Å²) in [7, 11) is 3.98. The summed E-state index contributed by atoms with van der Waals surface area (Å²) in [5.41, 5.74) is 2.72. The van der Waals surface area contributed by atoms with Gasteiger partial charge in [0.15, 0.2) is 5.78 Å². The number of aliphatic hydroxyl groups excluding tert-OH is 1. The minimum atomic E-state index is -0.647. The van der Waals surface area contributed by atoms with Crippen molar-refractivity contribution < 1.29 is 14.6 Å². The first kappa shape index (κ1) is 22.1. The van der Waals surface area contributed by atoms with Gasteiger partial charge in [-0.05, 0) is 30.7 Å². The lowest BCUT2D eigenvalue weighted by atomic mass is 9.99. The number of hydrogen-bond donors (Lipinski definition) is 2. The molecule has 5 heteroatoms. The van der Waals surface area contributed by atoms with Gasteiger partial charge in [-0.2, -0.15) is 0 Å². The number of nitrogens with zero attached hydrogens (tertiary/aromatic N) is 1. The number of ether oxygens (including phenoxy) is 1. The molecule has 0 spiro atoms. The molecule has 152 valence electrons. The summed E-state index contributed by atoms with van der Waals surface area (Å²) >= 11 is 0.